The summed E-state index contributed by atoms with van der Waals surface area (Å²) in [5.74, 6) is 0.511. The minimum atomic E-state index is -0.416. The summed E-state index contributed by atoms with van der Waals surface area (Å²) in [5.41, 5.74) is 6.03. The van der Waals surface area contributed by atoms with Crippen molar-refractivity contribution in [3.05, 3.63) is 29.8 Å². The zero-order valence-electron chi connectivity index (χ0n) is 11.9. The molecular formula is C13H15N5O3. The fourth-order valence-corrected chi connectivity index (χ4v) is 1.49. The maximum Gasteiger partial charge on any atom is 0.337 e. The number of carbonyl (C=O) groups is 1. The van der Waals surface area contributed by atoms with Gasteiger partial charge >= 0.3 is 12.0 Å². The fourth-order valence-electron chi connectivity index (χ4n) is 1.49. The van der Waals surface area contributed by atoms with E-state index in [0.717, 1.165) is 0 Å². The van der Waals surface area contributed by atoms with Crippen LogP contribution in [0.3, 0.4) is 0 Å². The van der Waals surface area contributed by atoms with Crippen LogP contribution in [-0.4, -0.2) is 42.1 Å². The van der Waals surface area contributed by atoms with Crippen molar-refractivity contribution in [2.24, 2.45) is 0 Å². The second-order valence-corrected chi connectivity index (χ2v) is 4.29. The van der Waals surface area contributed by atoms with Crippen LogP contribution in [0.15, 0.2) is 24.3 Å². The number of ether oxygens (including phenoxy) is 2. The zero-order chi connectivity index (χ0) is 15.4. The Kier molecular flexibility index (Phi) is 4.17. The molecule has 8 heteroatoms. The van der Waals surface area contributed by atoms with E-state index in [2.05, 4.69) is 19.7 Å². The largest absolute Gasteiger partial charge is 0.465 e. The molecule has 0 fully saturated rings. The highest BCUT2D eigenvalue weighted by Crippen LogP contribution is 2.20. The zero-order valence-corrected chi connectivity index (χ0v) is 11.9. The Bertz CT molecular complexity index is 643. The molecular weight excluding hydrogens is 274 g/mol. The van der Waals surface area contributed by atoms with Gasteiger partial charge in [-0.05, 0) is 24.3 Å². The first-order chi connectivity index (χ1) is 9.99. The summed E-state index contributed by atoms with van der Waals surface area (Å²) < 4.78 is 10.1. The maximum absolute atomic E-state index is 11.3. The summed E-state index contributed by atoms with van der Waals surface area (Å²) in [6.45, 7) is 0. The average molecular weight is 289 g/mol. The monoisotopic (exact) mass is 289 g/mol. The smallest absolute Gasteiger partial charge is 0.337 e. The van der Waals surface area contributed by atoms with E-state index >= 15 is 0 Å². The van der Waals surface area contributed by atoms with Gasteiger partial charge in [0.2, 0.25) is 11.9 Å². The lowest BCUT2D eigenvalue weighted by molar-refractivity contribution is 0.0600. The summed E-state index contributed by atoms with van der Waals surface area (Å²) in [5, 5.41) is 0. The lowest BCUT2D eigenvalue weighted by atomic mass is 10.2. The van der Waals surface area contributed by atoms with Crippen molar-refractivity contribution in [1.82, 2.24) is 15.0 Å². The number of nitrogen functional groups attached to an aromatic ring is 1. The van der Waals surface area contributed by atoms with E-state index in [0.29, 0.717) is 17.3 Å². The first-order valence-corrected chi connectivity index (χ1v) is 6.04. The Morgan fingerprint density at radius 2 is 1.81 bits per heavy atom. The molecule has 0 unspecified atom stereocenters. The van der Waals surface area contributed by atoms with Crippen molar-refractivity contribution in [1.29, 1.82) is 0 Å². The van der Waals surface area contributed by atoms with Crippen molar-refractivity contribution >= 4 is 17.9 Å². The van der Waals surface area contributed by atoms with E-state index in [4.69, 9.17) is 10.5 Å². The normalized spacial score (nSPS) is 10.0. The molecule has 1 aromatic heterocycles. The summed E-state index contributed by atoms with van der Waals surface area (Å²) >= 11 is 0. The quantitative estimate of drug-likeness (QED) is 0.834. The molecule has 2 rings (SSSR count). The van der Waals surface area contributed by atoms with Crippen LogP contribution in [0.1, 0.15) is 10.4 Å². The van der Waals surface area contributed by atoms with Crippen LogP contribution in [0.5, 0.6) is 11.8 Å². The van der Waals surface area contributed by atoms with Crippen LogP contribution in [0.4, 0.5) is 11.9 Å². The number of aromatic nitrogens is 3. The Balaban J connectivity index is 2.20. The second-order valence-electron chi connectivity index (χ2n) is 4.29. The Morgan fingerprint density at radius 1 is 1.14 bits per heavy atom. The van der Waals surface area contributed by atoms with Crippen molar-refractivity contribution in [2.45, 2.75) is 0 Å². The number of benzene rings is 1. The molecule has 0 saturated carbocycles. The fraction of sp³-hybridized carbons (Fsp3) is 0.231. The van der Waals surface area contributed by atoms with Gasteiger partial charge in [0, 0.05) is 14.1 Å². The summed E-state index contributed by atoms with van der Waals surface area (Å²) in [6.07, 6.45) is 0. The van der Waals surface area contributed by atoms with Gasteiger partial charge in [0.1, 0.15) is 5.75 Å². The van der Waals surface area contributed by atoms with Crippen LogP contribution >= 0.6 is 0 Å². The third-order valence-electron chi connectivity index (χ3n) is 2.50. The molecule has 0 aliphatic carbocycles. The standard InChI is InChI=1S/C13H15N5O3/c1-18(2)12-15-11(14)16-13(17-12)21-9-6-4-8(5-7-9)10(19)20-3/h4-7H,1-3H3,(H2,14,15,16,17). The number of anilines is 2. The first kappa shape index (κ1) is 14.5. The predicted molar refractivity (Wildman–Crippen MR) is 76.4 cm³/mol. The molecule has 8 nitrogen and oxygen atoms in total. The van der Waals surface area contributed by atoms with Crippen molar-refractivity contribution < 1.29 is 14.3 Å². The highest BCUT2D eigenvalue weighted by Gasteiger charge is 2.09. The number of nitrogens with two attached hydrogens (primary N) is 1. The molecule has 0 amide bonds. The topological polar surface area (TPSA) is 103 Å². The highest BCUT2D eigenvalue weighted by atomic mass is 16.5. The molecule has 0 bridgehead atoms. The number of hydrogen-bond acceptors (Lipinski definition) is 8. The number of methoxy groups -OCH3 is 1. The number of esters is 1. The van der Waals surface area contributed by atoms with Gasteiger partial charge in [0.15, 0.2) is 0 Å². The number of rotatable bonds is 4. The van der Waals surface area contributed by atoms with Gasteiger partial charge < -0.3 is 20.1 Å². The van der Waals surface area contributed by atoms with E-state index in [1.807, 2.05) is 0 Å². The van der Waals surface area contributed by atoms with Crippen molar-refractivity contribution in [2.75, 3.05) is 31.8 Å². The van der Waals surface area contributed by atoms with E-state index < -0.39 is 5.97 Å². The lowest BCUT2D eigenvalue weighted by Crippen LogP contribution is -2.15. The Morgan fingerprint density at radius 3 is 2.38 bits per heavy atom. The average Bonchev–Trinajstić information content (AvgIpc) is 2.46. The molecule has 0 atom stereocenters. The molecule has 1 heterocycles. The first-order valence-electron chi connectivity index (χ1n) is 6.04. The van der Waals surface area contributed by atoms with Gasteiger partial charge in [-0.25, -0.2) is 4.79 Å². The second kappa shape index (κ2) is 6.04. The highest BCUT2D eigenvalue weighted by molar-refractivity contribution is 5.89. The van der Waals surface area contributed by atoms with Gasteiger partial charge in [0.25, 0.3) is 0 Å². The predicted octanol–water partition coefficient (Wildman–Crippen LogP) is 1.10. The van der Waals surface area contributed by atoms with Crippen molar-refractivity contribution in [3.63, 3.8) is 0 Å². The molecule has 2 aromatic rings. The van der Waals surface area contributed by atoms with E-state index in [-0.39, 0.29) is 12.0 Å². The molecule has 1 aromatic carbocycles. The van der Waals surface area contributed by atoms with Gasteiger partial charge in [-0.1, -0.05) is 0 Å². The Hall–Kier alpha value is -2.90. The molecule has 0 spiro atoms. The number of carbonyl (C=O) groups excluding carboxylic acids is 1. The molecule has 2 N–H and O–H groups in total. The minimum absolute atomic E-state index is 0.0647. The molecule has 0 aliphatic heterocycles. The van der Waals surface area contributed by atoms with Crippen LogP contribution in [-0.2, 0) is 4.74 Å². The van der Waals surface area contributed by atoms with E-state index in [9.17, 15) is 4.79 Å². The molecule has 0 saturated heterocycles. The molecule has 0 aliphatic rings. The van der Waals surface area contributed by atoms with Crippen LogP contribution < -0.4 is 15.4 Å². The summed E-state index contributed by atoms with van der Waals surface area (Å²) in [7, 11) is 4.89. The van der Waals surface area contributed by atoms with Crippen LogP contribution in [0.25, 0.3) is 0 Å². The summed E-state index contributed by atoms with van der Waals surface area (Å²) in [4.78, 5) is 25.0. The number of hydrogen-bond donors (Lipinski definition) is 1. The van der Waals surface area contributed by atoms with Gasteiger partial charge in [0.05, 0.1) is 12.7 Å². The molecule has 110 valence electrons. The van der Waals surface area contributed by atoms with E-state index in [1.165, 1.54) is 7.11 Å². The van der Waals surface area contributed by atoms with E-state index in [1.54, 1.807) is 43.3 Å². The van der Waals surface area contributed by atoms with Crippen LogP contribution in [0, 0.1) is 0 Å². The number of nitrogens with zero attached hydrogens (tertiary/aromatic N) is 4. The third-order valence-corrected chi connectivity index (χ3v) is 2.50. The molecule has 0 radical (unpaired) electrons. The summed E-state index contributed by atoms with van der Waals surface area (Å²) in [6, 6.07) is 6.47. The van der Waals surface area contributed by atoms with Crippen molar-refractivity contribution in [3.8, 4) is 11.8 Å². The maximum atomic E-state index is 11.3. The van der Waals surface area contributed by atoms with Gasteiger partial charge in [-0.3, -0.25) is 0 Å². The Labute approximate surface area is 121 Å². The minimum Gasteiger partial charge on any atom is -0.465 e. The van der Waals surface area contributed by atoms with Gasteiger partial charge in [-0.2, -0.15) is 15.0 Å². The molecule has 21 heavy (non-hydrogen) atoms. The lowest BCUT2D eigenvalue weighted by Gasteiger charge is -2.11. The SMILES string of the molecule is COC(=O)c1ccc(Oc2nc(N)nc(N(C)C)n2)cc1. The van der Waals surface area contributed by atoms with Gasteiger partial charge in [-0.15, -0.1) is 0 Å². The van der Waals surface area contributed by atoms with Crippen LogP contribution in [0.2, 0.25) is 0 Å². The third kappa shape index (κ3) is 3.56.